The van der Waals surface area contributed by atoms with E-state index in [9.17, 15) is 14.2 Å². The van der Waals surface area contributed by atoms with E-state index in [0.29, 0.717) is 22.5 Å². The standard InChI is InChI=1S/C20H18BFN4O3/c1-12-18(24-25-26(12)15-6-3-13(22)4-7-15)19(27)23-14-5-8-16-17(11-14)21(28)29-20(16)9-2-10-20/h3-8,11,28H,2,9-10H2,1H3,(H,23,27). The molecule has 0 unspecified atom stereocenters. The molecule has 1 spiro atoms. The van der Waals surface area contributed by atoms with Crippen LogP contribution < -0.4 is 10.8 Å². The zero-order valence-corrected chi connectivity index (χ0v) is 15.7. The second-order valence-electron chi connectivity index (χ2n) is 7.49. The summed E-state index contributed by atoms with van der Waals surface area (Å²) in [4.78, 5) is 12.7. The van der Waals surface area contributed by atoms with Crippen LogP contribution >= 0.6 is 0 Å². The van der Waals surface area contributed by atoms with Gasteiger partial charge in [-0.25, -0.2) is 9.07 Å². The fourth-order valence-corrected chi connectivity index (χ4v) is 4.04. The van der Waals surface area contributed by atoms with Crippen molar-refractivity contribution in [2.75, 3.05) is 5.32 Å². The second-order valence-corrected chi connectivity index (χ2v) is 7.49. The zero-order chi connectivity index (χ0) is 20.2. The van der Waals surface area contributed by atoms with Gasteiger partial charge < -0.3 is 15.0 Å². The predicted molar refractivity (Wildman–Crippen MR) is 105 cm³/mol. The van der Waals surface area contributed by atoms with Gasteiger partial charge in [0.15, 0.2) is 5.69 Å². The molecule has 5 rings (SSSR count). The SMILES string of the molecule is Cc1c(C(=O)Nc2ccc3c(c2)B(O)OC32CCC2)nnn1-c1ccc(F)cc1. The van der Waals surface area contributed by atoms with E-state index in [0.717, 1.165) is 24.8 Å². The van der Waals surface area contributed by atoms with E-state index < -0.39 is 13.0 Å². The number of amides is 1. The Morgan fingerprint density at radius 3 is 2.72 bits per heavy atom. The molecule has 1 aromatic heterocycles. The number of hydrogen-bond acceptors (Lipinski definition) is 5. The molecule has 0 atom stereocenters. The van der Waals surface area contributed by atoms with Crippen LogP contribution in [-0.2, 0) is 10.3 Å². The van der Waals surface area contributed by atoms with Crippen LogP contribution in [0.4, 0.5) is 10.1 Å². The van der Waals surface area contributed by atoms with Gasteiger partial charge in [-0.3, -0.25) is 4.79 Å². The lowest BCUT2D eigenvalue weighted by Crippen LogP contribution is -2.35. The lowest BCUT2D eigenvalue weighted by atomic mass is 9.72. The largest absolute Gasteiger partial charge is 0.492 e. The smallest absolute Gasteiger partial charge is 0.423 e. The maximum Gasteiger partial charge on any atom is 0.492 e. The highest BCUT2D eigenvalue weighted by Crippen LogP contribution is 2.47. The third-order valence-corrected chi connectivity index (χ3v) is 5.75. The first kappa shape index (κ1) is 18.0. The molecule has 146 valence electrons. The highest BCUT2D eigenvalue weighted by atomic mass is 19.1. The van der Waals surface area contributed by atoms with Gasteiger partial charge in [0.2, 0.25) is 0 Å². The van der Waals surface area contributed by atoms with Crippen LogP contribution in [-0.4, -0.2) is 33.0 Å². The topological polar surface area (TPSA) is 89.3 Å². The highest BCUT2D eigenvalue weighted by Gasteiger charge is 2.50. The van der Waals surface area contributed by atoms with Gasteiger partial charge in [0, 0.05) is 5.69 Å². The average molecular weight is 392 g/mol. The summed E-state index contributed by atoms with van der Waals surface area (Å²) in [5.41, 5.74) is 3.17. The molecule has 1 saturated carbocycles. The third kappa shape index (κ3) is 2.85. The molecule has 29 heavy (non-hydrogen) atoms. The van der Waals surface area contributed by atoms with Gasteiger partial charge >= 0.3 is 7.12 Å². The lowest BCUT2D eigenvalue weighted by molar-refractivity contribution is -0.0152. The molecule has 1 fully saturated rings. The molecule has 2 N–H and O–H groups in total. The van der Waals surface area contributed by atoms with E-state index in [1.807, 2.05) is 6.07 Å². The summed E-state index contributed by atoms with van der Waals surface area (Å²) in [6, 6.07) is 11.2. The van der Waals surface area contributed by atoms with Gasteiger partial charge in [-0.2, -0.15) is 0 Å². The number of rotatable bonds is 3. The number of carbonyl (C=O) groups excluding carboxylic acids is 1. The monoisotopic (exact) mass is 392 g/mol. The van der Waals surface area contributed by atoms with Crippen LogP contribution in [0.5, 0.6) is 0 Å². The van der Waals surface area contributed by atoms with Crippen LogP contribution in [0.25, 0.3) is 5.69 Å². The first-order valence-electron chi connectivity index (χ1n) is 9.47. The normalized spacial score (nSPS) is 16.6. The summed E-state index contributed by atoms with van der Waals surface area (Å²) in [6.07, 6.45) is 2.87. The summed E-state index contributed by atoms with van der Waals surface area (Å²) in [7, 11) is -0.983. The van der Waals surface area contributed by atoms with Crippen molar-refractivity contribution in [1.82, 2.24) is 15.0 Å². The number of fused-ring (bicyclic) bond motifs is 2. The molecule has 9 heteroatoms. The van der Waals surface area contributed by atoms with Crippen LogP contribution in [0.3, 0.4) is 0 Å². The van der Waals surface area contributed by atoms with Crippen molar-refractivity contribution in [2.24, 2.45) is 0 Å². The molecule has 0 saturated heterocycles. The maximum absolute atomic E-state index is 13.1. The highest BCUT2D eigenvalue weighted by molar-refractivity contribution is 6.62. The van der Waals surface area contributed by atoms with E-state index in [4.69, 9.17) is 4.65 Å². The van der Waals surface area contributed by atoms with Crippen LogP contribution in [0, 0.1) is 12.7 Å². The van der Waals surface area contributed by atoms with Crippen molar-refractivity contribution < 1.29 is 18.9 Å². The van der Waals surface area contributed by atoms with Gasteiger partial charge in [0.05, 0.1) is 17.0 Å². The molecule has 7 nitrogen and oxygen atoms in total. The van der Waals surface area contributed by atoms with Crippen molar-refractivity contribution >= 4 is 24.2 Å². The number of anilines is 1. The molecule has 3 aromatic rings. The maximum atomic E-state index is 13.1. The van der Waals surface area contributed by atoms with Crippen LogP contribution in [0.15, 0.2) is 42.5 Å². The van der Waals surface area contributed by atoms with Gasteiger partial charge in [0.25, 0.3) is 5.91 Å². The van der Waals surface area contributed by atoms with Gasteiger partial charge in [-0.1, -0.05) is 11.3 Å². The molecular formula is C20H18BFN4O3. The molecule has 0 radical (unpaired) electrons. The first-order chi connectivity index (χ1) is 14.0. The molecule has 1 amide bonds. The third-order valence-electron chi connectivity index (χ3n) is 5.75. The molecular weight excluding hydrogens is 374 g/mol. The number of nitrogens with zero attached hydrogens (tertiary/aromatic N) is 3. The number of aromatic nitrogens is 3. The Hall–Kier alpha value is -3.04. The zero-order valence-electron chi connectivity index (χ0n) is 15.7. The molecule has 2 aliphatic rings. The summed E-state index contributed by atoms with van der Waals surface area (Å²) >= 11 is 0. The number of hydrogen-bond donors (Lipinski definition) is 2. The minimum atomic E-state index is -0.983. The van der Waals surface area contributed by atoms with Crippen molar-refractivity contribution in [3.8, 4) is 5.69 Å². The number of nitrogens with one attached hydrogen (secondary N) is 1. The van der Waals surface area contributed by atoms with Gasteiger partial charge in [-0.15, -0.1) is 5.10 Å². The lowest BCUT2D eigenvalue weighted by Gasteiger charge is -2.39. The van der Waals surface area contributed by atoms with Gasteiger partial charge in [0.1, 0.15) is 5.82 Å². The fourth-order valence-electron chi connectivity index (χ4n) is 4.04. The Morgan fingerprint density at radius 2 is 2.03 bits per heavy atom. The van der Waals surface area contributed by atoms with Crippen LogP contribution in [0.2, 0.25) is 0 Å². The van der Waals surface area contributed by atoms with E-state index in [-0.39, 0.29) is 17.1 Å². The van der Waals surface area contributed by atoms with Gasteiger partial charge in [-0.05, 0) is 73.6 Å². The quantitative estimate of drug-likeness (QED) is 0.667. The Kier molecular flexibility index (Phi) is 4.04. The van der Waals surface area contributed by atoms with E-state index in [1.165, 1.54) is 16.8 Å². The van der Waals surface area contributed by atoms with Crippen molar-refractivity contribution in [3.63, 3.8) is 0 Å². The Balaban J connectivity index is 1.39. The molecule has 0 bridgehead atoms. The average Bonchev–Trinajstić information content (AvgIpc) is 3.20. The Morgan fingerprint density at radius 1 is 1.28 bits per heavy atom. The minimum Gasteiger partial charge on any atom is -0.423 e. The summed E-state index contributed by atoms with van der Waals surface area (Å²) in [5, 5.41) is 21.1. The predicted octanol–water partition coefficient (Wildman–Crippen LogP) is 2.06. The summed E-state index contributed by atoms with van der Waals surface area (Å²) < 4.78 is 20.4. The Labute approximate surface area is 166 Å². The van der Waals surface area contributed by atoms with Crippen molar-refractivity contribution in [3.05, 3.63) is 65.2 Å². The van der Waals surface area contributed by atoms with E-state index in [1.54, 1.807) is 31.2 Å². The molecule has 2 heterocycles. The van der Waals surface area contributed by atoms with E-state index >= 15 is 0 Å². The first-order valence-corrected chi connectivity index (χ1v) is 9.47. The number of benzene rings is 2. The number of halogens is 1. The summed E-state index contributed by atoms with van der Waals surface area (Å²) in [5.74, 6) is -0.765. The molecule has 2 aromatic carbocycles. The van der Waals surface area contributed by atoms with E-state index in [2.05, 4.69) is 15.6 Å². The Bertz CT molecular complexity index is 1110. The second kappa shape index (κ2) is 6.50. The molecule has 1 aliphatic heterocycles. The minimum absolute atomic E-state index is 0.169. The van der Waals surface area contributed by atoms with Crippen molar-refractivity contribution in [2.45, 2.75) is 31.8 Å². The fraction of sp³-hybridized carbons (Fsp3) is 0.250. The van der Waals surface area contributed by atoms with Crippen LogP contribution in [0.1, 0.15) is 41.0 Å². The van der Waals surface area contributed by atoms with Crippen molar-refractivity contribution in [1.29, 1.82) is 0 Å². The molecule has 1 aliphatic carbocycles. The summed E-state index contributed by atoms with van der Waals surface area (Å²) in [6.45, 7) is 1.72. The number of carbonyl (C=O) groups is 1.